The number of rotatable bonds is 0. The molecule has 0 atom stereocenters. The topological polar surface area (TPSA) is 0 Å². The molecule has 0 N–H and O–H groups in total. The van der Waals surface area contributed by atoms with E-state index in [4.69, 9.17) is 0 Å². The molecular weight excluding hydrogens is 185 g/mol. The number of hydrogen-bond acceptors (Lipinski definition) is 0. The zero-order valence-corrected chi connectivity index (χ0v) is 7.35. The van der Waals surface area contributed by atoms with Crippen LogP contribution in [0.3, 0.4) is 0 Å². The first-order valence-corrected chi connectivity index (χ1v) is 2.63. The molecule has 1 aliphatic rings. The Morgan fingerprint density at radius 2 is 1.57 bits per heavy atom. The monoisotopic (exact) mass is 190 g/mol. The third-order valence-electron chi connectivity index (χ3n) is 0.516. The van der Waals surface area contributed by atoms with Gasteiger partial charge in [0.1, 0.15) is 0 Å². The first kappa shape index (κ1) is 15.9. The average Bonchev–Trinajstić information content (AvgIpc) is 0.722. The van der Waals surface area contributed by atoms with Crippen molar-refractivity contribution >= 4 is 32.9 Å². The average molecular weight is 190 g/mol. The van der Waals surface area contributed by atoms with Crippen LogP contribution in [0.25, 0.3) is 0 Å². The predicted octanol–water partition coefficient (Wildman–Crippen LogP) is 0.753. The summed E-state index contributed by atoms with van der Waals surface area (Å²) in [6.45, 7) is 0. The van der Waals surface area contributed by atoms with Gasteiger partial charge in [-0.1, -0.05) is 5.80 Å². The van der Waals surface area contributed by atoms with E-state index >= 15 is 0 Å². The van der Waals surface area contributed by atoms with Gasteiger partial charge in [-0.25, -0.2) is 0 Å². The Morgan fingerprint density at radius 1 is 1.43 bits per heavy atom. The predicted molar refractivity (Wildman–Crippen MR) is 28.2 cm³/mol. The molecule has 0 spiro atoms. The van der Waals surface area contributed by atoms with Gasteiger partial charge in [-0.2, -0.15) is 0 Å². The molecule has 0 amide bonds. The Hall–Kier alpha value is 1.81. The van der Waals surface area contributed by atoms with E-state index in [-0.39, 0.29) is 53.0 Å². The first-order chi connectivity index (χ1) is 2.00. The minimum absolute atomic E-state index is 0. The van der Waals surface area contributed by atoms with Gasteiger partial charge in [0.05, 0.1) is 0 Å². The molecule has 1 rings (SSSR count). The van der Waals surface area contributed by atoms with Crippen molar-refractivity contribution in [1.82, 2.24) is 0 Å². The summed E-state index contributed by atoms with van der Waals surface area (Å²) in [7, 11) is 1.55. The molecular formula is C3H5FeLiMnP. The van der Waals surface area contributed by atoms with Gasteiger partial charge in [-0.05, 0) is 12.6 Å². The van der Waals surface area contributed by atoms with Gasteiger partial charge in [0.2, 0.25) is 0 Å². The van der Waals surface area contributed by atoms with Gasteiger partial charge < -0.3 is 0 Å². The van der Waals surface area contributed by atoms with Crippen LogP contribution in [0, 0.1) is 0 Å². The summed E-state index contributed by atoms with van der Waals surface area (Å²) in [5.41, 5.74) is 0. The zero-order chi connectivity index (χ0) is 2.83. The van der Waals surface area contributed by atoms with Gasteiger partial charge in [-0.3, -0.25) is 0 Å². The fraction of sp³-hybridized carbons (Fsp3) is 0.667. The van der Waals surface area contributed by atoms with Crippen molar-refractivity contribution in [3.63, 3.8) is 0 Å². The minimum atomic E-state index is 0. The van der Waals surface area contributed by atoms with Crippen LogP contribution in [0.1, 0.15) is 6.42 Å². The molecule has 2 radical (unpaired) electrons. The Balaban J connectivity index is -0.0000000533. The van der Waals surface area contributed by atoms with E-state index in [0.717, 1.165) is 0 Å². The smallest absolute Gasteiger partial charge is 0 e. The summed E-state index contributed by atoms with van der Waals surface area (Å²) in [5.74, 6) is 2.28. The van der Waals surface area contributed by atoms with E-state index in [2.05, 4.69) is 5.80 Å². The van der Waals surface area contributed by atoms with Crippen LogP contribution >= 0.6 is 8.20 Å². The molecule has 0 aliphatic carbocycles. The molecule has 0 aromatic rings. The van der Waals surface area contributed by atoms with Crippen LogP contribution in [-0.4, -0.2) is 30.8 Å². The van der Waals surface area contributed by atoms with Crippen molar-refractivity contribution in [2.45, 2.75) is 6.42 Å². The van der Waals surface area contributed by atoms with Crippen LogP contribution in [-0.2, 0) is 34.1 Å². The second-order valence-corrected chi connectivity index (χ2v) is 2.05. The zero-order valence-electron chi connectivity index (χ0n) is 4.17. The largest absolute Gasteiger partial charge is 0.109 e. The maximum Gasteiger partial charge on any atom is 0 e. The van der Waals surface area contributed by atoms with Gasteiger partial charge in [-0.15, -0.1) is 8.20 Å². The molecule has 1 aliphatic heterocycles. The molecule has 0 aromatic carbocycles. The van der Waals surface area contributed by atoms with Gasteiger partial charge >= 0.3 is 0 Å². The summed E-state index contributed by atoms with van der Waals surface area (Å²) in [6.07, 6.45) is 2.78. The molecule has 0 bridgehead atoms. The maximum absolute atomic E-state index is 2.28. The van der Waals surface area contributed by atoms with Crippen LogP contribution in [0.5, 0.6) is 0 Å². The molecule has 0 aromatic heterocycles. The molecule has 0 fully saturated rings. The van der Waals surface area contributed by atoms with Crippen LogP contribution in [0.15, 0.2) is 0 Å². The SMILES string of the molecule is C1=PCC1.[Fe].[Li].[Mn]. The van der Waals surface area contributed by atoms with E-state index in [0.29, 0.717) is 0 Å². The summed E-state index contributed by atoms with van der Waals surface area (Å²) < 4.78 is 0. The Morgan fingerprint density at radius 3 is 1.57 bits per heavy atom. The van der Waals surface area contributed by atoms with Crippen molar-refractivity contribution < 1.29 is 34.1 Å². The summed E-state index contributed by atoms with van der Waals surface area (Å²) in [6, 6.07) is 0. The molecule has 4 heteroatoms. The molecule has 0 saturated carbocycles. The van der Waals surface area contributed by atoms with Crippen molar-refractivity contribution in [2.24, 2.45) is 0 Å². The quantitative estimate of drug-likeness (QED) is 0.390. The molecule has 38 valence electrons. The first-order valence-electron chi connectivity index (χ1n) is 1.48. The minimum Gasteiger partial charge on any atom is -0.109 e. The van der Waals surface area contributed by atoms with E-state index in [9.17, 15) is 0 Å². The third-order valence-corrected chi connectivity index (χ3v) is 1.55. The fourth-order valence-corrected chi connectivity index (χ4v) is 0.387. The molecule has 7 heavy (non-hydrogen) atoms. The van der Waals surface area contributed by atoms with Crippen molar-refractivity contribution in [3.05, 3.63) is 0 Å². The van der Waals surface area contributed by atoms with Crippen molar-refractivity contribution in [2.75, 3.05) is 6.16 Å². The molecule has 0 saturated heterocycles. The fourth-order valence-electron chi connectivity index (χ4n) is 0.129. The summed E-state index contributed by atoms with van der Waals surface area (Å²) in [5, 5.41) is 0. The van der Waals surface area contributed by atoms with Gasteiger partial charge in [0, 0.05) is 53.0 Å². The Bertz CT molecular complexity index is 44.2. The van der Waals surface area contributed by atoms with Gasteiger partial charge in [0.25, 0.3) is 0 Å². The second-order valence-electron chi connectivity index (χ2n) is 0.877. The van der Waals surface area contributed by atoms with Crippen molar-refractivity contribution in [3.8, 4) is 0 Å². The third kappa shape index (κ3) is 7.81. The summed E-state index contributed by atoms with van der Waals surface area (Å²) >= 11 is 0. The second kappa shape index (κ2) is 10.7. The Labute approximate surface area is 79.1 Å². The van der Waals surface area contributed by atoms with E-state index in [1.807, 2.05) is 0 Å². The normalized spacial score (nSPS) is 13.7. The van der Waals surface area contributed by atoms with Crippen LogP contribution in [0.4, 0.5) is 0 Å². The van der Waals surface area contributed by atoms with E-state index in [1.165, 1.54) is 12.6 Å². The molecule has 0 unspecified atom stereocenters. The summed E-state index contributed by atoms with van der Waals surface area (Å²) in [4.78, 5) is 0. The van der Waals surface area contributed by atoms with Gasteiger partial charge in [0.15, 0.2) is 0 Å². The molecule has 1 heterocycles. The van der Waals surface area contributed by atoms with Crippen LogP contribution < -0.4 is 0 Å². The Kier molecular flexibility index (Phi) is 24.4. The number of hydrogen-bond donors (Lipinski definition) is 0. The molecule has 0 nitrogen and oxygen atoms in total. The van der Waals surface area contributed by atoms with Crippen molar-refractivity contribution in [1.29, 1.82) is 0 Å². The van der Waals surface area contributed by atoms with Crippen LogP contribution in [0.2, 0.25) is 0 Å². The van der Waals surface area contributed by atoms with E-state index in [1.54, 1.807) is 8.20 Å². The standard InChI is InChI=1S/C3H5P.Fe.Li.Mn/c1-2-4-3-1;;;/h2H,1,3H2;;;. The van der Waals surface area contributed by atoms with E-state index < -0.39 is 0 Å². The maximum atomic E-state index is 2.28.